The fourth-order valence-corrected chi connectivity index (χ4v) is 19.9. The molecule has 3 saturated heterocycles. The summed E-state index contributed by atoms with van der Waals surface area (Å²) in [4.78, 5) is 0. The summed E-state index contributed by atoms with van der Waals surface area (Å²) in [5.74, 6) is 0. The van der Waals surface area contributed by atoms with Crippen molar-refractivity contribution in [3.63, 3.8) is 0 Å². The number of benzene rings is 11. The van der Waals surface area contributed by atoms with E-state index in [2.05, 4.69) is 69.3 Å². The van der Waals surface area contributed by atoms with Crippen LogP contribution in [0.25, 0.3) is 0 Å². The van der Waals surface area contributed by atoms with E-state index in [1.807, 2.05) is 285 Å². The molecule has 3 fully saturated rings. The molecule has 1 N–H and O–H groups in total. The number of hydrogen-bond donors (Lipinski definition) is 1. The standard InChI is InChI=1S/C97H104O16Si/c1-97(2,3)114(80-55-33-13-34-56-80,81-57-35-14-36-58-81)108-70-84-87(103-63-75-45-23-8-24-46-75)90(106-66-78-51-29-11-30-52-78)93(96(111-84)112-91-88(104-64-76-47-25-9-26-48-76)85(101-61-73-41-19-6-20-42-73)82(109-94(91)98)68-99-59-71-37-15-4-16-38-71)113-95-92(107-67-79-53-31-12-32-54-79)89(105-65-77-49-27-10-28-50-77)86(102-62-74-43-21-7-22-44-74)83(110-95)69-100-60-72-39-17-5-18-40-72/h4-58,82-96,98H,59-70H2,1-3H3/t82-,83-,84-,85-,86-,87-,88+,89+,90+,91+,92+,93+,94+,95-,96-/m1/s1. The van der Waals surface area contributed by atoms with E-state index in [0.717, 1.165) is 60.4 Å². The van der Waals surface area contributed by atoms with Gasteiger partial charge in [0, 0.05) is 0 Å². The summed E-state index contributed by atoms with van der Waals surface area (Å²) in [5.41, 5.74) is 8.21. The molecule has 0 bridgehead atoms. The first kappa shape index (κ1) is 81.6. The van der Waals surface area contributed by atoms with Crippen LogP contribution in [-0.2, 0) is 130 Å². The minimum absolute atomic E-state index is 0.00959. The van der Waals surface area contributed by atoms with Gasteiger partial charge in [-0.1, -0.05) is 354 Å². The van der Waals surface area contributed by atoms with Crippen molar-refractivity contribution in [1.82, 2.24) is 0 Å². The summed E-state index contributed by atoms with van der Waals surface area (Å²) in [5, 5.41) is 15.0. The van der Waals surface area contributed by atoms with E-state index in [0.29, 0.717) is 0 Å². The Kier molecular flexibility index (Phi) is 29.7. The Morgan fingerprint density at radius 3 is 0.789 bits per heavy atom. The Bertz CT molecular complexity index is 4460. The molecule has 11 aromatic rings. The van der Waals surface area contributed by atoms with Gasteiger partial charge in [-0.05, 0) is 65.5 Å². The number of rotatable bonds is 38. The summed E-state index contributed by atoms with van der Waals surface area (Å²) in [6.45, 7) is 8.12. The highest BCUT2D eigenvalue weighted by Crippen LogP contribution is 2.42. The van der Waals surface area contributed by atoms with Crippen molar-refractivity contribution in [2.75, 3.05) is 19.8 Å². The predicted molar refractivity (Wildman–Crippen MR) is 439 cm³/mol. The summed E-state index contributed by atoms with van der Waals surface area (Å²) >= 11 is 0. The first-order valence-corrected chi connectivity index (χ1v) is 41.5. The molecule has 0 radical (unpaired) electrons. The third-order valence-corrected chi connectivity index (χ3v) is 26.0. The molecule has 3 aliphatic rings. The van der Waals surface area contributed by atoms with E-state index in [1.54, 1.807) is 0 Å². The van der Waals surface area contributed by atoms with Crippen LogP contribution < -0.4 is 10.4 Å². The van der Waals surface area contributed by atoms with Gasteiger partial charge in [-0.25, -0.2) is 0 Å². The summed E-state index contributed by atoms with van der Waals surface area (Å²) in [6, 6.07) is 111. The van der Waals surface area contributed by atoms with Gasteiger partial charge in [0.05, 0.1) is 79.3 Å². The molecule has 0 saturated carbocycles. The average molecular weight is 1550 g/mol. The number of aliphatic hydroxyl groups excluding tert-OH is 1. The van der Waals surface area contributed by atoms with E-state index in [4.69, 9.17) is 70.7 Å². The van der Waals surface area contributed by atoms with E-state index in [1.165, 1.54) is 0 Å². The minimum Gasteiger partial charge on any atom is -0.405 e. The van der Waals surface area contributed by atoms with Gasteiger partial charge in [0.1, 0.15) is 73.2 Å². The molecule has 592 valence electrons. The van der Waals surface area contributed by atoms with Gasteiger partial charge in [-0.2, -0.15) is 0 Å². The van der Waals surface area contributed by atoms with Gasteiger partial charge in [0.15, 0.2) is 18.9 Å². The zero-order valence-electron chi connectivity index (χ0n) is 65.0. The molecular formula is C97H104O16Si. The molecule has 11 aromatic carbocycles. The maximum atomic E-state index is 13.3. The van der Waals surface area contributed by atoms with Gasteiger partial charge in [-0.15, -0.1) is 0 Å². The Morgan fingerprint density at radius 2 is 0.482 bits per heavy atom. The second-order valence-electron chi connectivity index (χ2n) is 30.2. The van der Waals surface area contributed by atoms with Crippen molar-refractivity contribution in [3.8, 4) is 0 Å². The van der Waals surface area contributed by atoms with Crippen molar-refractivity contribution >= 4 is 18.7 Å². The molecule has 17 heteroatoms. The average Bonchev–Trinajstić information content (AvgIpc) is 0.760. The van der Waals surface area contributed by atoms with Crippen LogP contribution in [0.5, 0.6) is 0 Å². The maximum Gasteiger partial charge on any atom is 0.261 e. The molecule has 114 heavy (non-hydrogen) atoms. The fourth-order valence-electron chi connectivity index (χ4n) is 15.3. The van der Waals surface area contributed by atoms with Gasteiger partial charge in [-0.3, -0.25) is 0 Å². The first-order valence-electron chi connectivity index (χ1n) is 39.6. The smallest absolute Gasteiger partial charge is 0.261 e. The molecule has 0 amide bonds. The van der Waals surface area contributed by atoms with Crippen molar-refractivity contribution in [1.29, 1.82) is 0 Å². The van der Waals surface area contributed by atoms with E-state index in [-0.39, 0.29) is 79.3 Å². The van der Waals surface area contributed by atoms with E-state index in [9.17, 15) is 5.11 Å². The SMILES string of the molecule is CC(C)(C)[Si](OC[C@H]1O[C@H](O[C@H]2[C@@H](OCc3ccccc3)[C@H](OCc3ccccc3)[C@@H](COCc3ccccc3)O[C@@H]2O)[C@@H](O[C@H]2O[C@H](COCc3ccccc3)[C@@H](OCc3ccccc3)[C@H](OCc3ccccc3)[C@@H]2OCc2ccccc2)[C@@H](OCc2ccccc2)[C@@H]1OCc1ccccc1)(c1ccccc1)c1ccccc1. The lowest BCUT2D eigenvalue weighted by Gasteiger charge is -2.52. The van der Waals surface area contributed by atoms with Crippen LogP contribution in [0, 0.1) is 0 Å². The lowest BCUT2D eigenvalue weighted by atomic mass is 9.95. The third-order valence-electron chi connectivity index (χ3n) is 21.0. The van der Waals surface area contributed by atoms with E-state index < -0.39 is 105 Å². The molecule has 0 unspecified atom stereocenters. The van der Waals surface area contributed by atoms with Gasteiger partial charge in [0.25, 0.3) is 8.32 Å². The number of ether oxygens (including phenoxy) is 14. The van der Waals surface area contributed by atoms with Crippen LogP contribution in [0.3, 0.4) is 0 Å². The van der Waals surface area contributed by atoms with Crippen molar-refractivity contribution < 1.29 is 75.8 Å². The Hall–Kier alpha value is -9.00. The second kappa shape index (κ2) is 41.5. The van der Waals surface area contributed by atoms with Crippen molar-refractivity contribution in [2.45, 2.75) is 177 Å². The zero-order valence-corrected chi connectivity index (χ0v) is 66.0. The molecule has 15 atom stereocenters. The topological polar surface area (TPSA) is 159 Å². The number of aliphatic hydroxyl groups is 1. The van der Waals surface area contributed by atoms with Crippen molar-refractivity contribution in [3.05, 3.63) is 384 Å². The summed E-state index contributed by atoms with van der Waals surface area (Å²) in [7, 11) is -3.40. The molecule has 0 spiro atoms. The van der Waals surface area contributed by atoms with Gasteiger partial charge >= 0.3 is 0 Å². The highest BCUT2D eigenvalue weighted by atomic mass is 28.4. The monoisotopic (exact) mass is 1550 g/mol. The molecule has 14 rings (SSSR count). The van der Waals surface area contributed by atoms with Crippen LogP contribution in [0.15, 0.2) is 334 Å². The molecule has 16 nitrogen and oxygen atoms in total. The largest absolute Gasteiger partial charge is 0.405 e. The van der Waals surface area contributed by atoms with Crippen LogP contribution in [0.1, 0.15) is 70.8 Å². The lowest BCUT2D eigenvalue weighted by molar-refractivity contribution is -0.403. The zero-order chi connectivity index (χ0) is 78.0. The quantitative estimate of drug-likeness (QED) is 0.0364. The van der Waals surface area contributed by atoms with Crippen LogP contribution in [-0.4, -0.2) is 125 Å². The highest BCUT2D eigenvalue weighted by Gasteiger charge is 2.59. The molecule has 3 heterocycles. The Balaban J connectivity index is 0.938. The second-order valence-corrected chi connectivity index (χ2v) is 34.5. The Morgan fingerprint density at radius 1 is 0.254 bits per heavy atom. The van der Waals surface area contributed by atoms with Gasteiger partial charge in [0.2, 0.25) is 0 Å². The molecule has 3 aliphatic heterocycles. The van der Waals surface area contributed by atoms with Crippen LogP contribution in [0.4, 0.5) is 0 Å². The lowest BCUT2D eigenvalue weighted by Crippen LogP contribution is -2.70. The minimum atomic E-state index is -3.40. The molecular weight excluding hydrogens is 1450 g/mol. The van der Waals surface area contributed by atoms with Crippen LogP contribution >= 0.6 is 0 Å². The summed E-state index contributed by atoms with van der Waals surface area (Å²) in [6.07, 6.45) is -17.3. The maximum absolute atomic E-state index is 13.3. The normalized spacial score (nSPS) is 23.9. The fraction of sp³-hybridized carbons (Fsp3) is 0.320. The predicted octanol–water partition coefficient (Wildman–Crippen LogP) is 16.0. The number of hydrogen-bond acceptors (Lipinski definition) is 16. The van der Waals surface area contributed by atoms with Gasteiger partial charge < -0.3 is 75.8 Å². The molecule has 0 aromatic heterocycles. The highest BCUT2D eigenvalue weighted by molar-refractivity contribution is 6.99. The van der Waals surface area contributed by atoms with E-state index >= 15 is 0 Å². The third kappa shape index (κ3) is 21.9. The molecule has 0 aliphatic carbocycles. The summed E-state index contributed by atoms with van der Waals surface area (Å²) < 4.78 is 111. The Labute approximate surface area is 671 Å². The first-order chi connectivity index (χ1) is 56.1. The van der Waals surface area contributed by atoms with Crippen LogP contribution in [0.2, 0.25) is 5.04 Å². The van der Waals surface area contributed by atoms with Crippen molar-refractivity contribution in [2.24, 2.45) is 0 Å².